The zero-order valence-electron chi connectivity index (χ0n) is 12.4. The van der Waals surface area contributed by atoms with E-state index in [1.54, 1.807) is 5.57 Å². The third kappa shape index (κ3) is 4.50. The first kappa shape index (κ1) is 14.3. The lowest BCUT2D eigenvalue weighted by molar-refractivity contribution is 0.471. The van der Waals surface area contributed by atoms with Crippen molar-refractivity contribution in [2.24, 2.45) is 7.05 Å². The van der Waals surface area contributed by atoms with Crippen molar-refractivity contribution < 1.29 is 0 Å². The van der Waals surface area contributed by atoms with Gasteiger partial charge >= 0.3 is 0 Å². The van der Waals surface area contributed by atoms with Crippen molar-refractivity contribution in [3.8, 4) is 0 Å². The van der Waals surface area contributed by atoms with Gasteiger partial charge in [-0.15, -0.1) is 0 Å². The van der Waals surface area contributed by atoms with Crippen molar-refractivity contribution in [2.45, 2.75) is 57.9 Å². The third-order valence-electron chi connectivity index (χ3n) is 4.02. The molecule has 1 aliphatic rings. The molecule has 2 rings (SSSR count). The molecule has 0 aliphatic heterocycles. The van der Waals surface area contributed by atoms with E-state index < -0.39 is 0 Å². The average Bonchev–Trinajstić information content (AvgIpc) is 2.83. The highest BCUT2D eigenvalue weighted by Crippen LogP contribution is 2.22. The number of hydrogen-bond acceptors (Lipinski definition) is 2. The van der Waals surface area contributed by atoms with Crippen molar-refractivity contribution in [3.05, 3.63) is 29.9 Å². The highest BCUT2D eigenvalue weighted by Gasteiger charge is 2.13. The number of imidazole rings is 1. The average molecular weight is 261 g/mol. The largest absolute Gasteiger partial charge is 0.338 e. The monoisotopic (exact) mass is 261 g/mol. The summed E-state index contributed by atoms with van der Waals surface area (Å²) in [5, 5.41) is 3.63. The minimum Gasteiger partial charge on any atom is -0.338 e. The number of rotatable bonds is 7. The van der Waals surface area contributed by atoms with Gasteiger partial charge in [0.2, 0.25) is 0 Å². The standard InChI is InChI=1S/C16H27N3/c1-3-17-15(13-14-7-5-4-6-8-14)9-10-16-18-11-12-19(16)2/h7,11-12,15,17H,3-6,8-10,13H2,1-2H3. The number of nitrogens with one attached hydrogen (secondary N) is 1. The van der Waals surface area contributed by atoms with E-state index in [2.05, 4.69) is 34.9 Å². The quantitative estimate of drug-likeness (QED) is 0.764. The Bertz CT molecular complexity index is 406. The Kier molecular flexibility index (Phi) is 5.64. The first-order valence-corrected chi connectivity index (χ1v) is 7.67. The molecule has 1 unspecified atom stereocenters. The summed E-state index contributed by atoms with van der Waals surface area (Å²) in [5.41, 5.74) is 1.66. The summed E-state index contributed by atoms with van der Waals surface area (Å²) in [4.78, 5) is 4.42. The number of hydrogen-bond donors (Lipinski definition) is 1. The first-order valence-electron chi connectivity index (χ1n) is 7.67. The fraction of sp³-hybridized carbons (Fsp3) is 0.688. The predicted molar refractivity (Wildman–Crippen MR) is 80.2 cm³/mol. The second kappa shape index (κ2) is 7.49. The summed E-state index contributed by atoms with van der Waals surface area (Å²) < 4.78 is 2.13. The summed E-state index contributed by atoms with van der Waals surface area (Å²) >= 11 is 0. The van der Waals surface area contributed by atoms with E-state index in [0.29, 0.717) is 6.04 Å². The molecule has 0 bridgehead atoms. The zero-order chi connectivity index (χ0) is 13.5. The maximum Gasteiger partial charge on any atom is 0.108 e. The lowest BCUT2D eigenvalue weighted by atomic mass is 9.92. The molecular formula is C16H27N3. The van der Waals surface area contributed by atoms with Crippen LogP contribution in [0, 0.1) is 0 Å². The molecule has 0 saturated carbocycles. The Morgan fingerprint density at radius 2 is 2.32 bits per heavy atom. The van der Waals surface area contributed by atoms with Crippen LogP contribution in [0.15, 0.2) is 24.0 Å². The minimum absolute atomic E-state index is 0.603. The Labute approximate surface area is 117 Å². The molecular weight excluding hydrogens is 234 g/mol. The van der Waals surface area contributed by atoms with E-state index in [1.165, 1.54) is 44.3 Å². The fourth-order valence-corrected chi connectivity index (χ4v) is 2.91. The second-order valence-electron chi connectivity index (χ2n) is 5.56. The zero-order valence-corrected chi connectivity index (χ0v) is 12.4. The number of nitrogens with zero attached hydrogens (tertiary/aromatic N) is 2. The van der Waals surface area contributed by atoms with E-state index in [4.69, 9.17) is 0 Å². The van der Waals surface area contributed by atoms with Gasteiger partial charge in [-0.25, -0.2) is 4.98 Å². The highest BCUT2D eigenvalue weighted by molar-refractivity contribution is 5.07. The van der Waals surface area contributed by atoms with Crippen LogP contribution in [0.3, 0.4) is 0 Å². The second-order valence-corrected chi connectivity index (χ2v) is 5.56. The third-order valence-corrected chi connectivity index (χ3v) is 4.02. The SMILES string of the molecule is CCNC(CCc1nccn1C)CC1=CCCCC1. The molecule has 0 amide bonds. The lowest BCUT2D eigenvalue weighted by Gasteiger charge is -2.21. The summed E-state index contributed by atoms with van der Waals surface area (Å²) in [6.07, 6.45) is 15.2. The molecule has 0 radical (unpaired) electrons. The van der Waals surface area contributed by atoms with Crippen LogP contribution in [-0.4, -0.2) is 22.1 Å². The summed E-state index contributed by atoms with van der Waals surface area (Å²) in [5.74, 6) is 1.19. The van der Waals surface area contributed by atoms with Crippen molar-refractivity contribution in [3.63, 3.8) is 0 Å². The van der Waals surface area contributed by atoms with Gasteiger partial charge in [-0.2, -0.15) is 0 Å². The summed E-state index contributed by atoms with van der Waals surface area (Å²) in [6.45, 7) is 3.25. The molecule has 19 heavy (non-hydrogen) atoms. The maximum atomic E-state index is 4.42. The molecule has 1 N–H and O–H groups in total. The Morgan fingerprint density at radius 3 is 2.95 bits per heavy atom. The van der Waals surface area contributed by atoms with Gasteiger partial charge < -0.3 is 9.88 Å². The van der Waals surface area contributed by atoms with Crippen molar-refractivity contribution in [2.75, 3.05) is 6.54 Å². The molecule has 1 atom stereocenters. The molecule has 0 aromatic carbocycles. The van der Waals surface area contributed by atoms with Crippen LogP contribution < -0.4 is 5.32 Å². The van der Waals surface area contributed by atoms with E-state index in [-0.39, 0.29) is 0 Å². The van der Waals surface area contributed by atoms with Crippen LogP contribution in [0.5, 0.6) is 0 Å². The molecule has 3 nitrogen and oxygen atoms in total. The van der Waals surface area contributed by atoms with Gasteiger partial charge in [-0.3, -0.25) is 0 Å². The number of allylic oxidation sites excluding steroid dienone is 1. The van der Waals surface area contributed by atoms with Gasteiger partial charge in [0, 0.05) is 31.9 Å². The minimum atomic E-state index is 0.603. The van der Waals surface area contributed by atoms with Gasteiger partial charge in [0.25, 0.3) is 0 Å². The van der Waals surface area contributed by atoms with Crippen LogP contribution in [0.2, 0.25) is 0 Å². The molecule has 3 heteroatoms. The van der Waals surface area contributed by atoms with Crippen molar-refractivity contribution in [1.82, 2.24) is 14.9 Å². The lowest BCUT2D eigenvalue weighted by Crippen LogP contribution is -2.30. The molecule has 1 aromatic rings. The van der Waals surface area contributed by atoms with Crippen molar-refractivity contribution in [1.29, 1.82) is 0 Å². The van der Waals surface area contributed by atoms with E-state index in [1.807, 2.05) is 12.4 Å². The molecule has 0 fully saturated rings. The number of aromatic nitrogens is 2. The van der Waals surface area contributed by atoms with Gasteiger partial charge in [-0.1, -0.05) is 18.6 Å². The van der Waals surface area contributed by atoms with E-state index >= 15 is 0 Å². The number of aryl methyl sites for hydroxylation is 2. The van der Waals surface area contributed by atoms with Gasteiger partial charge in [0.05, 0.1) is 0 Å². The molecule has 0 saturated heterocycles. The van der Waals surface area contributed by atoms with Gasteiger partial charge in [-0.05, 0) is 45.1 Å². The van der Waals surface area contributed by atoms with Crippen LogP contribution in [0.4, 0.5) is 0 Å². The van der Waals surface area contributed by atoms with Gasteiger partial charge in [0.15, 0.2) is 0 Å². The maximum absolute atomic E-state index is 4.42. The summed E-state index contributed by atoms with van der Waals surface area (Å²) in [7, 11) is 2.08. The fourth-order valence-electron chi connectivity index (χ4n) is 2.91. The molecule has 106 valence electrons. The normalized spacial score (nSPS) is 17.3. The van der Waals surface area contributed by atoms with Gasteiger partial charge in [0.1, 0.15) is 5.82 Å². The highest BCUT2D eigenvalue weighted by atomic mass is 15.0. The molecule has 1 aliphatic carbocycles. The van der Waals surface area contributed by atoms with Crippen molar-refractivity contribution >= 4 is 0 Å². The topological polar surface area (TPSA) is 29.9 Å². The van der Waals surface area contributed by atoms with E-state index in [9.17, 15) is 0 Å². The smallest absolute Gasteiger partial charge is 0.108 e. The summed E-state index contributed by atoms with van der Waals surface area (Å²) in [6, 6.07) is 0.603. The first-order chi connectivity index (χ1) is 9.29. The van der Waals surface area contributed by atoms with Crippen LogP contribution in [0.1, 0.15) is 51.3 Å². The Hall–Kier alpha value is -1.09. The van der Waals surface area contributed by atoms with Crippen LogP contribution in [0.25, 0.3) is 0 Å². The van der Waals surface area contributed by atoms with E-state index in [0.717, 1.165) is 13.0 Å². The predicted octanol–water partition coefficient (Wildman–Crippen LogP) is 3.22. The molecule has 0 spiro atoms. The molecule has 1 aromatic heterocycles. The molecule has 1 heterocycles. The Morgan fingerprint density at radius 1 is 1.42 bits per heavy atom. The van der Waals surface area contributed by atoms with Crippen LogP contribution >= 0.6 is 0 Å². The Balaban J connectivity index is 1.85. The van der Waals surface area contributed by atoms with Crippen LogP contribution in [-0.2, 0) is 13.5 Å².